The molecule has 0 radical (unpaired) electrons. The first-order valence-electron chi connectivity index (χ1n) is 12.2. The first-order valence-corrected chi connectivity index (χ1v) is 12.2. The number of benzene rings is 2. The lowest BCUT2D eigenvalue weighted by Gasteiger charge is -2.12. The highest BCUT2D eigenvalue weighted by atomic mass is 16.6. The van der Waals surface area contributed by atoms with Crippen molar-refractivity contribution < 1.29 is 28.5 Å². The van der Waals surface area contributed by atoms with Crippen LogP contribution in [0, 0.1) is 0 Å². The Balaban J connectivity index is 1.19. The fraction of sp³-hybridized carbons (Fsp3) is 0.286. The summed E-state index contributed by atoms with van der Waals surface area (Å²) in [5, 5.41) is 2.10. The van der Waals surface area contributed by atoms with Crippen LogP contribution >= 0.6 is 0 Å². The van der Waals surface area contributed by atoms with Crippen LogP contribution in [0.3, 0.4) is 0 Å². The number of carbonyl (C=O) groups is 2. The van der Waals surface area contributed by atoms with E-state index in [9.17, 15) is 9.59 Å². The lowest BCUT2D eigenvalue weighted by atomic mass is 10.1. The number of aromatic nitrogens is 2. The zero-order valence-corrected chi connectivity index (χ0v) is 21.4. The van der Waals surface area contributed by atoms with Crippen LogP contribution in [0.2, 0.25) is 0 Å². The van der Waals surface area contributed by atoms with E-state index in [1.54, 1.807) is 14.2 Å². The molecule has 0 aliphatic rings. The lowest BCUT2D eigenvalue weighted by molar-refractivity contribution is -0.145. The molecule has 38 heavy (non-hydrogen) atoms. The van der Waals surface area contributed by atoms with Crippen LogP contribution in [-0.4, -0.2) is 48.6 Å². The minimum atomic E-state index is -0.829. The number of aryl methyl sites for hydroxylation is 2. The van der Waals surface area contributed by atoms with Gasteiger partial charge in [-0.05, 0) is 48.2 Å². The highest BCUT2D eigenvalue weighted by molar-refractivity contribution is 5.91. The summed E-state index contributed by atoms with van der Waals surface area (Å²) in [6, 6.07) is 11.5. The van der Waals surface area contributed by atoms with Gasteiger partial charge in [-0.2, -0.15) is 0 Å². The number of methoxy groups -OCH3 is 2. The zero-order chi connectivity index (χ0) is 27.1. The number of aromatic amines is 2. The molecule has 0 spiro atoms. The first kappa shape index (κ1) is 26.8. The lowest BCUT2D eigenvalue weighted by Crippen LogP contribution is -2.28. The summed E-state index contributed by atoms with van der Waals surface area (Å²) in [6.07, 6.45) is 6.13. The fourth-order valence-corrected chi connectivity index (χ4v) is 4.22. The fourth-order valence-electron chi connectivity index (χ4n) is 4.22. The standard InChI is InChI=1S/C28H32N4O6/c1-35-19-5-7-21-17(15-31-23(21)13-19)3-9-25(29)37-27(33)11-12-28(34)38-26(30)10-4-18-16-32-24-14-20(36-2)6-8-22(18)24/h5-8,11-16,25-26,31-32H,3-4,9-10,29-30H2,1-2H3/b12-11+. The molecule has 200 valence electrons. The molecule has 6 N–H and O–H groups in total. The van der Waals surface area contributed by atoms with Gasteiger partial charge in [0.2, 0.25) is 0 Å². The van der Waals surface area contributed by atoms with Crippen molar-refractivity contribution in [3.63, 3.8) is 0 Å². The Morgan fingerprint density at radius 2 is 1.18 bits per heavy atom. The number of carbonyl (C=O) groups excluding carboxylic acids is 2. The normalized spacial score (nSPS) is 13.1. The summed E-state index contributed by atoms with van der Waals surface area (Å²) in [6.45, 7) is 0. The van der Waals surface area contributed by atoms with Gasteiger partial charge < -0.3 is 28.9 Å². The Labute approximate surface area is 219 Å². The van der Waals surface area contributed by atoms with Crippen molar-refractivity contribution in [1.29, 1.82) is 0 Å². The number of ether oxygens (including phenoxy) is 4. The van der Waals surface area contributed by atoms with Crippen LogP contribution in [0.4, 0.5) is 0 Å². The van der Waals surface area contributed by atoms with Crippen molar-refractivity contribution in [2.24, 2.45) is 11.5 Å². The van der Waals surface area contributed by atoms with E-state index < -0.39 is 24.4 Å². The molecule has 10 nitrogen and oxygen atoms in total. The van der Waals surface area contributed by atoms with E-state index >= 15 is 0 Å². The second-order valence-corrected chi connectivity index (χ2v) is 8.81. The Morgan fingerprint density at radius 1 is 0.763 bits per heavy atom. The number of nitrogens with two attached hydrogens (primary N) is 2. The van der Waals surface area contributed by atoms with E-state index in [2.05, 4.69) is 9.97 Å². The van der Waals surface area contributed by atoms with Gasteiger partial charge in [-0.15, -0.1) is 0 Å². The molecule has 2 atom stereocenters. The van der Waals surface area contributed by atoms with Gasteiger partial charge in [0.1, 0.15) is 11.5 Å². The molecule has 10 heteroatoms. The van der Waals surface area contributed by atoms with E-state index in [1.165, 1.54) is 0 Å². The largest absolute Gasteiger partial charge is 0.497 e. The number of nitrogens with one attached hydrogen (secondary N) is 2. The minimum Gasteiger partial charge on any atom is -0.497 e. The number of H-pyrrole nitrogens is 2. The average molecular weight is 521 g/mol. The molecule has 0 fully saturated rings. The zero-order valence-electron chi connectivity index (χ0n) is 21.4. The molecular weight excluding hydrogens is 488 g/mol. The summed E-state index contributed by atoms with van der Waals surface area (Å²) in [7, 11) is 3.23. The monoisotopic (exact) mass is 520 g/mol. The van der Waals surface area contributed by atoms with Gasteiger partial charge in [0.25, 0.3) is 0 Å². The van der Waals surface area contributed by atoms with Gasteiger partial charge in [0.15, 0.2) is 12.5 Å². The van der Waals surface area contributed by atoms with Crippen LogP contribution in [0.15, 0.2) is 60.9 Å². The molecule has 0 bridgehead atoms. The van der Waals surface area contributed by atoms with Crippen LogP contribution in [0.1, 0.15) is 24.0 Å². The molecule has 0 aliphatic heterocycles. The van der Waals surface area contributed by atoms with Crippen LogP contribution in [-0.2, 0) is 31.9 Å². The molecule has 2 aromatic heterocycles. The van der Waals surface area contributed by atoms with Crippen molar-refractivity contribution in [2.45, 2.75) is 38.1 Å². The second-order valence-electron chi connectivity index (χ2n) is 8.81. The SMILES string of the molecule is COc1ccc2c(CCC(N)OC(=O)/C=C/C(=O)OC(N)CCc3c[nH]c4cc(OC)ccc34)c[nH]c2c1. The minimum absolute atomic E-state index is 0.411. The number of esters is 2. The highest BCUT2D eigenvalue weighted by Gasteiger charge is 2.13. The van der Waals surface area contributed by atoms with E-state index in [0.717, 1.165) is 56.6 Å². The van der Waals surface area contributed by atoms with Crippen LogP contribution < -0.4 is 20.9 Å². The van der Waals surface area contributed by atoms with Gasteiger partial charge in [0.05, 0.1) is 14.2 Å². The summed E-state index contributed by atoms with van der Waals surface area (Å²) in [5.41, 5.74) is 15.9. The van der Waals surface area contributed by atoms with Crippen molar-refractivity contribution in [3.05, 3.63) is 72.1 Å². The molecule has 0 amide bonds. The van der Waals surface area contributed by atoms with E-state index in [0.29, 0.717) is 25.7 Å². The summed E-state index contributed by atoms with van der Waals surface area (Å²) in [5.74, 6) is 0.0544. The van der Waals surface area contributed by atoms with E-state index in [1.807, 2.05) is 48.8 Å². The average Bonchev–Trinajstić information content (AvgIpc) is 3.52. The first-order chi connectivity index (χ1) is 18.4. The molecule has 0 saturated carbocycles. The summed E-state index contributed by atoms with van der Waals surface area (Å²) in [4.78, 5) is 30.6. The molecule has 2 aromatic carbocycles. The van der Waals surface area contributed by atoms with Gasteiger partial charge in [0, 0.05) is 71.3 Å². The molecule has 4 aromatic rings. The van der Waals surface area contributed by atoms with Crippen LogP contribution in [0.25, 0.3) is 21.8 Å². The predicted molar refractivity (Wildman–Crippen MR) is 144 cm³/mol. The maximum atomic E-state index is 12.1. The van der Waals surface area contributed by atoms with Gasteiger partial charge in [-0.3, -0.25) is 11.5 Å². The third-order valence-corrected chi connectivity index (χ3v) is 6.24. The van der Waals surface area contributed by atoms with Gasteiger partial charge in [-0.25, -0.2) is 9.59 Å². The Bertz CT molecular complexity index is 1330. The maximum absolute atomic E-state index is 12.1. The van der Waals surface area contributed by atoms with Crippen LogP contribution in [0.5, 0.6) is 11.5 Å². The maximum Gasteiger partial charge on any atom is 0.332 e. The smallest absolute Gasteiger partial charge is 0.332 e. The highest BCUT2D eigenvalue weighted by Crippen LogP contribution is 2.25. The summed E-state index contributed by atoms with van der Waals surface area (Å²) >= 11 is 0. The topological polar surface area (TPSA) is 155 Å². The van der Waals surface area contributed by atoms with E-state index in [4.69, 9.17) is 30.4 Å². The molecule has 0 aliphatic carbocycles. The van der Waals surface area contributed by atoms with Gasteiger partial charge in [-0.1, -0.05) is 0 Å². The third-order valence-electron chi connectivity index (χ3n) is 6.24. The Kier molecular flexibility index (Phi) is 8.67. The molecule has 0 saturated heterocycles. The molecule has 2 unspecified atom stereocenters. The van der Waals surface area contributed by atoms with Crippen molar-refractivity contribution in [1.82, 2.24) is 9.97 Å². The number of hydrogen-bond donors (Lipinski definition) is 4. The van der Waals surface area contributed by atoms with Gasteiger partial charge >= 0.3 is 11.9 Å². The summed E-state index contributed by atoms with van der Waals surface area (Å²) < 4.78 is 20.8. The Morgan fingerprint density at radius 3 is 1.58 bits per heavy atom. The quantitative estimate of drug-likeness (QED) is 0.126. The number of hydrogen-bond acceptors (Lipinski definition) is 8. The molecular formula is C28H32N4O6. The molecule has 4 rings (SSSR count). The van der Waals surface area contributed by atoms with Crippen molar-refractivity contribution in [3.8, 4) is 11.5 Å². The second kappa shape index (κ2) is 12.3. The van der Waals surface area contributed by atoms with Crippen molar-refractivity contribution in [2.75, 3.05) is 14.2 Å². The Hall–Kier alpha value is -4.28. The van der Waals surface area contributed by atoms with Crippen molar-refractivity contribution >= 4 is 33.7 Å². The third kappa shape index (κ3) is 6.72. The predicted octanol–water partition coefficient (Wildman–Crippen LogP) is 3.44. The number of fused-ring (bicyclic) bond motifs is 2. The number of rotatable bonds is 12. The van der Waals surface area contributed by atoms with E-state index in [-0.39, 0.29) is 0 Å². The molecule has 2 heterocycles.